The molecular formula is C11H18. The predicted octanol–water partition coefficient (Wildman–Crippen LogP) is 3.22. The summed E-state index contributed by atoms with van der Waals surface area (Å²) < 4.78 is 0. The van der Waals surface area contributed by atoms with Crippen molar-refractivity contribution in [3.05, 3.63) is 0 Å². The van der Waals surface area contributed by atoms with Crippen molar-refractivity contribution in [1.29, 1.82) is 0 Å². The van der Waals surface area contributed by atoms with Crippen molar-refractivity contribution in [3.8, 4) is 0 Å². The van der Waals surface area contributed by atoms with Crippen LogP contribution in [0.5, 0.6) is 0 Å². The molecule has 0 amide bonds. The summed E-state index contributed by atoms with van der Waals surface area (Å²) in [7, 11) is 0. The Labute approximate surface area is 69.4 Å². The van der Waals surface area contributed by atoms with Gasteiger partial charge in [-0.25, -0.2) is 0 Å². The van der Waals surface area contributed by atoms with Crippen LogP contribution in [0.25, 0.3) is 0 Å². The third-order valence-electron chi connectivity index (χ3n) is 4.66. The van der Waals surface area contributed by atoms with E-state index in [1.807, 2.05) is 0 Å². The van der Waals surface area contributed by atoms with E-state index in [4.69, 9.17) is 0 Å². The van der Waals surface area contributed by atoms with Gasteiger partial charge in [0.1, 0.15) is 0 Å². The Kier molecular flexibility index (Phi) is 1.33. The fraction of sp³-hybridized carbons (Fsp3) is 1.00. The molecule has 0 N–H and O–H groups in total. The van der Waals surface area contributed by atoms with Gasteiger partial charge in [-0.3, -0.25) is 0 Å². The normalized spacial score (nSPS) is 54.5. The summed E-state index contributed by atoms with van der Waals surface area (Å²) in [6, 6.07) is 0. The molecule has 5 fully saturated rings. The summed E-state index contributed by atoms with van der Waals surface area (Å²) in [5, 5.41) is 0. The Morgan fingerprint density at radius 2 is 0.818 bits per heavy atom. The van der Waals surface area contributed by atoms with E-state index in [1.54, 1.807) is 44.9 Å². The van der Waals surface area contributed by atoms with Crippen LogP contribution >= 0.6 is 0 Å². The molecule has 4 bridgehead atoms. The topological polar surface area (TPSA) is 0 Å². The Morgan fingerprint density at radius 1 is 0.455 bits per heavy atom. The van der Waals surface area contributed by atoms with Crippen LogP contribution in [0, 0.1) is 23.7 Å². The van der Waals surface area contributed by atoms with Crippen molar-refractivity contribution in [2.45, 2.75) is 44.9 Å². The first kappa shape index (κ1) is 6.51. The maximum atomic E-state index is 1.62. The van der Waals surface area contributed by atoms with Gasteiger partial charge in [-0.05, 0) is 68.6 Å². The van der Waals surface area contributed by atoms with Crippen molar-refractivity contribution in [1.82, 2.24) is 0 Å². The van der Waals surface area contributed by atoms with Gasteiger partial charge in [0.2, 0.25) is 0 Å². The maximum Gasteiger partial charge on any atom is -0.0383 e. The minimum Gasteiger partial charge on any atom is -0.0499 e. The van der Waals surface area contributed by atoms with E-state index in [2.05, 4.69) is 0 Å². The lowest BCUT2D eigenvalue weighted by Crippen LogP contribution is -2.28. The first-order chi connectivity index (χ1) is 5.43. The molecule has 5 aliphatic carbocycles. The second-order valence-electron chi connectivity index (χ2n) is 5.01. The fourth-order valence-electron chi connectivity index (χ4n) is 4.00. The highest BCUT2D eigenvalue weighted by Crippen LogP contribution is 2.52. The Balaban J connectivity index is 1.94. The molecule has 0 radical (unpaired) electrons. The number of hydrogen-bond acceptors (Lipinski definition) is 0. The summed E-state index contributed by atoms with van der Waals surface area (Å²) in [4.78, 5) is 0. The molecular weight excluding hydrogens is 132 g/mol. The molecule has 0 aromatic heterocycles. The minimum absolute atomic E-state index is 1.17. The number of rotatable bonds is 0. The molecule has 0 heteroatoms. The van der Waals surface area contributed by atoms with Crippen LogP contribution in [0.3, 0.4) is 0 Å². The standard InChI is InChI=1S/C11H18/c1-2-9-4-6-10-7-11(9)5-3-8(1)10/h8-11H,1-7H2. The number of hydrogen-bond donors (Lipinski definition) is 0. The molecule has 0 heterocycles. The smallest absolute Gasteiger partial charge is 0.0383 e. The quantitative estimate of drug-likeness (QED) is 0.497. The van der Waals surface area contributed by atoms with Crippen LogP contribution in [0.2, 0.25) is 0 Å². The van der Waals surface area contributed by atoms with Crippen LogP contribution in [0.15, 0.2) is 0 Å². The first-order valence-corrected chi connectivity index (χ1v) is 5.43. The van der Waals surface area contributed by atoms with Crippen LogP contribution in [-0.4, -0.2) is 0 Å². The molecule has 5 saturated carbocycles. The van der Waals surface area contributed by atoms with Gasteiger partial charge in [0.15, 0.2) is 0 Å². The van der Waals surface area contributed by atoms with Crippen molar-refractivity contribution in [2.75, 3.05) is 0 Å². The first-order valence-electron chi connectivity index (χ1n) is 5.43. The van der Waals surface area contributed by atoms with Gasteiger partial charge in [-0.2, -0.15) is 0 Å². The summed E-state index contributed by atoms with van der Waals surface area (Å²) >= 11 is 0. The van der Waals surface area contributed by atoms with Gasteiger partial charge in [-0.1, -0.05) is 0 Å². The largest absolute Gasteiger partial charge is 0.0499 e. The predicted molar refractivity (Wildman–Crippen MR) is 46.3 cm³/mol. The monoisotopic (exact) mass is 150 g/mol. The van der Waals surface area contributed by atoms with Crippen LogP contribution < -0.4 is 0 Å². The summed E-state index contributed by atoms with van der Waals surface area (Å²) in [6.45, 7) is 0. The van der Waals surface area contributed by atoms with Gasteiger partial charge in [0.25, 0.3) is 0 Å². The second kappa shape index (κ2) is 2.24. The highest BCUT2D eigenvalue weighted by molar-refractivity contribution is 4.92. The second-order valence-corrected chi connectivity index (χ2v) is 5.01. The molecule has 4 atom stereocenters. The Morgan fingerprint density at radius 3 is 1.27 bits per heavy atom. The molecule has 0 aliphatic heterocycles. The zero-order chi connectivity index (χ0) is 7.26. The SMILES string of the molecule is C1CC2CCC3CC2CCC13. The molecule has 0 nitrogen and oxygen atoms in total. The Hall–Kier alpha value is 0. The average molecular weight is 150 g/mol. The van der Waals surface area contributed by atoms with Crippen LogP contribution in [0.4, 0.5) is 0 Å². The van der Waals surface area contributed by atoms with E-state index in [1.165, 1.54) is 23.7 Å². The third kappa shape index (κ3) is 0.878. The number of fused-ring (bicyclic) bond motifs is 2. The summed E-state index contributed by atoms with van der Waals surface area (Å²) in [6.07, 6.45) is 11.2. The van der Waals surface area contributed by atoms with Crippen molar-refractivity contribution < 1.29 is 0 Å². The van der Waals surface area contributed by atoms with Crippen molar-refractivity contribution in [2.24, 2.45) is 23.7 Å². The van der Waals surface area contributed by atoms with E-state index in [0.29, 0.717) is 0 Å². The van der Waals surface area contributed by atoms with Crippen LogP contribution in [-0.2, 0) is 0 Å². The molecule has 5 rings (SSSR count). The van der Waals surface area contributed by atoms with Crippen LogP contribution in [0.1, 0.15) is 44.9 Å². The van der Waals surface area contributed by atoms with Gasteiger partial charge in [-0.15, -0.1) is 0 Å². The Bertz CT molecular complexity index is 135. The maximum absolute atomic E-state index is 1.62. The molecule has 11 heavy (non-hydrogen) atoms. The van der Waals surface area contributed by atoms with E-state index in [0.717, 1.165) is 0 Å². The molecule has 0 saturated heterocycles. The molecule has 0 aromatic rings. The third-order valence-corrected chi connectivity index (χ3v) is 4.66. The molecule has 4 unspecified atom stereocenters. The van der Waals surface area contributed by atoms with Gasteiger partial charge in [0.05, 0.1) is 0 Å². The van der Waals surface area contributed by atoms with Gasteiger partial charge < -0.3 is 0 Å². The lowest BCUT2D eigenvalue weighted by Gasteiger charge is -2.39. The van der Waals surface area contributed by atoms with Gasteiger partial charge in [0, 0.05) is 0 Å². The molecule has 5 aliphatic rings. The lowest BCUT2D eigenvalue weighted by atomic mass is 9.66. The van der Waals surface area contributed by atoms with E-state index in [9.17, 15) is 0 Å². The highest BCUT2D eigenvalue weighted by Gasteiger charge is 2.41. The van der Waals surface area contributed by atoms with Gasteiger partial charge >= 0.3 is 0 Å². The lowest BCUT2D eigenvalue weighted by molar-refractivity contribution is 0.117. The zero-order valence-corrected chi connectivity index (χ0v) is 7.26. The summed E-state index contributed by atoms with van der Waals surface area (Å²) in [5.74, 6) is 4.68. The van der Waals surface area contributed by atoms with E-state index < -0.39 is 0 Å². The highest BCUT2D eigenvalue weighted by atomic mass is 14.5. The van der Waals surface area contributed by atoms with E-state index >= 15 is 0 Å². The van der Waals surface area contributed by atoms with Crippen molar-refractivity contribution in [3.63, 3.8) is 0 Å². The molecule has 0 aromatic carbocycles. The molecule has 62 valence electrons. The van der Waals surface area contributed by atoms with Crippen molar-refractivity contribution >= 4 is 0 Å². The average Bonchev–Trinajstić information content (AvgIpc) is 2.41. The molecule has 0 spiro atoms. The minimum atomic E-state index is 1.17. The summed E-state index contributed by atoms with van der Waals surface area (Å²) in [5.41, 5.74) is 0. The van der Waals surface area contributed by atoms with E-state index in [-0.39, 0.29) is 0 Å². The zero-order valence-electron chi connectivity index (χ0n) is 7.26. The fourth-order valence-corrected chi connectivity index (χ4v) is 4.00.